The lowest BCUT2D eigenvalue weighted by Gasteiger charge is -2.23. The van der Waals surface area contributed by atoms with Crippen molar-refractivity contribution in [3.63, 3.8) is 0 Å². The van der Waals surface area contributed by atoms with Crippen LogP contribution < -0.4 is 10.9 Å². The van der Waals surface area contributed by atoms with E-state index in [0.29, 0.717) is 24.7 Å². The van der Waals surface area contributed by atoms with Crippen molar-refractivity contribution in [3.8, 4) is 0 Å². The first kappa shape index (κ1) is 20.0. The number of hydrogen-bond donors (Lipinski definition) is 1. The van der Waals surface area contributed by atoms with Gasteiger partial charge in [0.15, 0.2) is 0 Å². The fourth-order valence-corrected chi connectivity index (χ4v) is 5.42. The van der Waals surface area contributed by atoms with Crippen LogP contribution in [0.4, 0.5) is 4.39 Å². The van der Waals surface area contributed by atoms with Crippen molar-refractivity contribution >= 4 is 21.6 Å². The number of aryl methyl sites for hydroxylation is 2. The lowest BCUT2D eigenvalue weighted by Crippen LogP contribution is -2.33. The van der Waals surface area contributed by atoms with Gasteiger partial charge in [0.1, 0.15) is 10.6 Å². The Morgan fingerprint density at radius 1 is 1.26 bits per heavy atom. The van der Waals surface area contributed by atoms with Crippen molar-refractivity contribution in [2.75, 3.05) is 0 Å². The standard InChI is InChI=1S/C24H23FN4OS/c1-15-5-6-16(10-20(15)25)12-27-17-7-8-19-21(11-17)31-23-22(19)24(30)29(14-28-23)13-18-4-2-3-9-26-18/h2-6,9-10,14,17,27H,7-8,11-13H2,1H3/t17-/m0/s1. The van der Waals surface area contributed by atoms with Crippen molar-refractivity contribution in [2.45, 2.75) is 45.3 Å². The van der Waals surface area contributed by atoms with Crippen molar-refractivity contribution < 1.29 is 4.39 Å². The molecule has 0 spiro atoms. The molecule has 0 unspecified atom stereocenters. The topological polar surface area (TPSA) is 59.8 Å². The Bertz CT molecular complexity index is 1300. The molecule has 3 heterocycles. The third kappa shape index (κ3) is 4.03. The second-order valence-electron chi connectivity index (χ2n) is 8.09. The van der Waals surface area contributed by atoms with Gasteiger partial charge in [-0.15, -0.1) is 11.3 Å². The lowest BCUT2D eigenvalue weighted by molar-refractivity contribution is 0.462. The summed E-state index contributed by atoms with van der Waals surface area (Å²) >= 11 is 1.62. The van der Waals surface area contributed by atoms with E-state index in [0.717, 1.165) is 46.3 Å². The highest BCUT2D eigenvalue weighted by Crippen LogP contribution is 2.33. The van der Waals surface area contributed by atoms with Gasteiger partial charge in [0.05, 0.1) is 24.0 Å². The molecular formula is C24H23FN4OS. The fraction of sp³-hybridized carbons (Fsp3) is 0.292. The Kier molecular flexibility index (Phi) is 5.38. The van der Waals surface area contributed by atoms with Gasteiger partial charge >= 0.3 is 0 Å². The number of aromatic nitrogens is 3. The van der Waals surface area contributed by atoms with E-state index in [4.69, 9.17) is 0 Å². The van der Waals surface area contributed by atoms with Crippen LogP contribution in [0.3, 0.4) is 0 Å². The van der Waals surface area contributed by atoms with Crippen LogP contribution in [0, 0.1) is 12.7 Å². The van der Waals surface area contributed by atoms with E-state index < -0.39 is 0 Å². The molecule has 158 valence electrons. The first-order valence-electron chi connectivity index (χ1n) is 10.5. The first-order chi connectivity index (χ1) is 15.1. The van der Waals surface area contributed by atoms with Crippen LogP contribution in [0.1, 0.15) is 33.7 Å². The summed E-state index contributed by atoms with van der Waals surface area (Å²) in [6, 6.07) is 11.4. The third-order valence-electron chi connectivity index (χ3n) is 5.93. The normalized spacial score (nSPS) is 15.9. The molecule has 1 atom stereocenters. The van der Waals surface area contributed by atoms with Gasteiger partial charge in [-0.25, -0.2) is 9.37 Å². The van der Waals surface area contributed by atoms with E-state index in [-0.39, 0.29) is 11.4 Å². The van der Waals surface area contributed by atoms with Crippen LogP contribution in [-0.4, -0.2) is 20.6 Å². The number of nitrogens with one attached hydrogen (secondary N) is 1. The molecule has 31 heavy (non-hydrogen) atoms. The molecule has 5 nitrogen and oxygen atoms in total. The molecule has 4 aromatic rings. The van der Waals surface area contributed by atoms with Crippen LogP contribution in [0.5, 0.6) is 0 Å². The number of hydrogen-bond acceptors (Lipinski definition) is 5. The molecule has 0 bridgehead atoms. The summed E-state index contributed by atoms with van der Waals surface area (Å²) in [5.41, 5.74) is 3.61. The number of halogens is 1. The van der Waals surface area contributed by atoms with Crippen LogP contribution in [-0.2, 0) is 25.9 Å². The van der Waals surface area contributed by atoms with Crippen molar-refractivity contribution in [1.29, 1.82) is 0 Å². The number of rotatable bonds is 5. The largest absolute Gasteiger partial charge is 0.310 e. The Morgan fingerprint density at radius 3 is 2.97 bits per heavy atom. The molecule has 3 aromatic heterocycles. The zero-order valence-electron chi connectivity index (χ0n) is 17.3. The summed E-state index contributed by atoms with van der Waals surface area (Å²) < 4.78 is 15.4. The maximum Gasteiger partial charge on any atom is 0.262 e. The van der Waals surface area contributed by atoms with E-state index >= 15 is 0 Å². The summed E-state index contributed by atoms with van der Waals surface area (Å²) in [6.07, 6.45) is 6.02. The van der Waals surface area contributed by atoms with Gasteiger partial charge in [0.25, 0.3) is 5.56 Å². The third-order valence-corrected chi connectivity index (χ3v) is 7.09. The smallest absolute Gasteiger partial charge is 0.262 e. The molecule has 0 saturated heterocycles. The summed E-state index contributed by atoms with van der Waals surface area (Å²) in [5.74, 6) is -0.164. The highest BCUT2D eigenvalue weighted by molar-refractivity contribution is 7.18. The van der Waals surface area contributed by atoms with Crippen LogP contribution >= 0.6 is 11.3 Å². The minimum Gasteiger partial charge on any atom is -0.310 e. The number of benzene rings is 1. The molecule has 1 N–H and O–H groups in total. The second-order valence-corrected chi connectivity index (χ2v) is 9.17. The number of pyridine rings is 1. The number of thiophene rings is 1. The van der Waals surface area contributed by atoms with Crippen molar-refractivity contribution in [2.24, 2.45) is 0 Å². The van der Waals surface area contributed by atoms with Gasteiger partial charge in [-0.1, -0.05) is 18.2 Å². The fourth-order valence-electron chi connectivity index (χ4n) is 4.16. The van der Waals surface area contributed by atoms with Crippen LogP contribution in [0.15, 0.2) is 53.7 Å². The van der Waals surface area contributed by atoms with Gasteiger partial charge in [-0.2, -0.15) is 0 Å². The Hall–Kier alpha value is -2.90. The molecule has 0 saturated carbocycles. The molecular weight excluding hydrogens is 411 g/mol. The molecule has 7 heteroatoms. The molecule has 1 aliphatic carbocycles. The maximum atomic E-state index is 13.8. The molecule has 1 aromatic carbocycles. The van der Waals surface area contributed by atoms with Gasteiger partial charge in [-0.3, -0.25) is 14.3 Å². The quantitative estimate of drug-likeness (QED) is 0.516. The lowest BCUT2D eigenvalue weighted by atomic mass is 9.93. The molecule has 0 fully saturated rings. The molecule has 5 rings (SSSR count). The molecule has 0 radical (unpaired) electrons. The molecule has 1 aliphatic rings. The molecule has 0 amide bonds. The van der Waals surface area contributed by atoms with Crippen LogP contribution in [0.25, 0.3) is 10.2 Å². The number of fused-ring (bicyclic) bond motifs is 3. The molecule has 0 aliphatic heterocycles. The predicted molar refractivity (Wildman–Crippen MR) is 121 cm³/mol. The monoisotopic (exact) mass is 434 g/mol. The van der Waals surface area contributed by atoms with E-state index in [9.17, 15) is 9.18 Å². The first-order valence-corrected chi connectivity index (χ1v) is 11.3. The minimum atomic E-state index is -0.164. The van der Waals surface area contributed by atoms with Crippen LogP contribution in [0.2, 0.25) is 0 Å². The van der Waals surface area contributed by atoms with Gasteiger partial charge in [0, 0.05) is 23.7 Å². The Labute approximate surface area is 183 Å². The van der Waals surface area contributed by atoms with E-state index in [1.165, 1.54) is 4.88 Å². The summed E-state index contributed by atoms with van der Waals surface area (Å²) in [6.45, 7) is 2.83. The van der Waals surface area contributed by atoms with Gasteiger partial charge < -0.3 is 5.32 Å². The number of nitrogens with zero attached hydrogens (tertiary/aromatic N) is 3. The van der Waals surface area contributed by atoms with Crippen molar-refractivity contribution in [1.82, 2.24) is 19.9 Å². The second kappa shape index (κ2) is 8.32. The highest BCUT2D eigenvalue weighted by atomic mass is 32.1. The minimum absolute atomic E-state index is 0.00897. The summed E-state index contributed by atoms with van der Waals surface area (Å²) in [7, 11) is 0. The summed E-state index contributed by atoms with van der Waals surface area (Å²) in [4.78, 5) is 24.1. The van der Waals surface area contributed by atoms with E-state index in [1.54, 1.807) is 41.4 Å². The highest BCUT2D eigenvalue weighted by Gasteiger charge is 2.25. The Morgan fingerprint density at radius 2 is 2.16 bits per heavy atom. The SMILES string of the molecule is Cc1ccc(CN[C@H]2CCc3c(sc4ncn(Cc5ccccn5)c(=O)c34)C2)cc1F. The average Bonchev–Trinajstić information content (AvgIpc) is 3.16. The zero-order chi connectivity index (χ0) is 21.4. The Balaban J connectivity index is 1.35. The van der Waals surface area contributed by atoms with Gasteiger partial charge in [-0.05, 0) is 61.1 Å². The van der Waals surface area contributed by atoms with E-state index in [1.807, 2.05) is 30.3 Å². The van der Waals surface area contributed by atoms with E-state index in [2.05, 4.69) is 15.3 Å². The zero-order valence-corrected chi connectivity index (χ0v) is 18.1. The predicted octanol–water partition coefficient (Wildman–Crippen LogP) is 4.00. The maximum absolute atomic E-state index is 13.8. The summed E-state index contributed by atoms with van der Waals surface area (Å²) in [5, 5.41) is 4.32. The van der Waals surface area contributed by atoms with Crippen molar-refractivity contribution in [3.05, 3.63) is 92.4 Å². The average molecular weight is 435 g/mol. The van der Waals surface area contributed by atoms with Gasteiger partial charge in [0.2, 0.25) is 0 Å².